The van der Waals surface area contributed by atoms with E-state index in [1.807, 2.05) is 18.4 Å². The molecule has 1 N–H and O–H groups in total. The third kappa shape index (κ3) is 3.31. The Balaban J connectivity index is 1.60. The molecular formula is C17H18N2O2S. The quantitative estimate of drug-likeness (QED) is 0.882. The van der Waals surface area contributed by atoms with Crippen LogP contribution in [-0.4, -0.2) is 29.8 Å². The summed E-state index contributed by atoms with van der Waals surface area (Å²) in [6, 6.07) is 11.9. The van der Waals surface area contributed by atoms with Crippen molar-refractivity contribution in [3.05, 3.63) is 59.3 Å². The Labute approximate surface area is 134 Å². The monoisotopic (exact) mass is 314 g/mol. The maximum Gasteiger partial charge on any atom is 0.254 e. The van der Waals surface area contributed by atoms with Gasteiger partial charge in [0.25, 0.3) is 5.91 Å². The fourth-order valence-corrected chi connectivity index (χ4v) is 3.12. The van der Waals surface area contributed by atoms with E-state index in [1.54, 1.807) is 18.3 Å². The number of amides is 1. The molecule has 3 rings (SSSR count). The summed E-state index contributed by atoms with van der Waals surface area (Å²) in [4.78, 5) is 16.5. The fraction of sp³-hybridized carbons (Fsp3) is 0.294. The van der Waals surface area contributed by atoms with Gasteiger partial charge in [-0.3, -0.25) is 4.79 Å². The molecule has 22 heavy (non-hydrogen) atoms. The van der Waals surface area contributed by atoms with Gasteiger partial charge < -0.3 is 10.1 Å². The van der Waals surface area contributed by atoms with Crippen molar-refractivity contribution in [2.24, 2.45) is 0 Å². The van der Waals surface area contributed by atoms with Crippen LogP contribution >= 0.6 is 11.8 Å². The number of nitrogens with one attached hydrogen (secondary N) is 1. The van der Waals surface area contributed by atoms with Crippen molar-refractivity contribution in [2.45, 2.75) is 24.2 Å². The summed E-state index contributed by atoms with van der Waals surface area (Å²) in [5.74, 6) is -0.0973. The van der Waals surface area contributed by atoms with Gasteiger partial charge in [-0.2, -0.15) is 0 Å². The summed E-state index contributed by atoms with van der Waals surface area (Å²) < 4.78 is 5.81. The van der Waals surface area contributed by atoms with E-state index in [-0.39, 0.29) is 12.0 Å². The van der Waals surface area contributed by atoms with E-state index >= 15 is 0 Å². The number of carbonyl (C=O) groups is 1. The second kappa shape index (κ2) is 6.94. The van der Waals surface area contributed by atoms with Crippen molar-refractivity contribution < 1.29 is 9.53 Å². The van der Waals surface area contributed by atoms with Crippen LogP contribution < -0.4 is 5.32 Å². The van der Waals surface area contributed by atoms with E-state index in [1.165, 1.54) is 22.9 Å². The van der Waals surface area contributed by atoms with Gasteiger partial charge in [0, 0.05) is 19.2 Å². The van der Waals surface area contributed by atoms with E-state index in [0.717, 1.165) is 11.4 Å². The summed E-state index contributed by atoms with van der Waals surface area (Å²) in [7, 11) is 0. The minimum Gasteiger partial charge on any atom is -0.371 e. The second-order valence-corrected chi connectivity index (χ2v) is 5.97. The molecule has 0 bridgehead atoms. The van der Waals surface area contributed by atoms with E-state index in [2.05, 4.69) is 22.4 Å². The normalized spacial score (nSPS) is 16.9. The van der Waals surface area contributed by atoms with Crippen molar-refractivity contribution >= 4 is 17.7 Å². The lowest BCUT2D eigenvalue weighted by molar-refractivity contribution is 0.0284. The predicted molar refractivity (Wildman–Crippen MR) is 87.1 cm³/mol. The lowest BCUT2D eigenvalue weighted by atomic mass is 9.99. The summed E-state index contributed by atoms with van der Waals surface area (Å²) in [5, 5.41) is 3.70. The summed E-state index contributed by atoms with van der Waals surface area (Å²) in [5.41, 5.74) is 3.16. The molecule has 114 valence electrons. The van der Waals surface area contributed by atoms with E-state index in [0.29, 0.717) is 18.7 Å². The average molecular weight is 314 g/mol. The highest BCUT2D eigenvalue weighted by molar-refractivity contribution is 7.98. The molecule has 0 saturated heterocycles. The third-order valence-corrected chi connectivity index (χ3v) is 4.45. The lowest BCUT2D eigenvalue weighted by Crippen LogP contribution is -2.37. The number of hydrogen-bond donors (Lipinski definition) is 1. The van der Waals surface area contributed by atoms with Gasteiger partial charge in [0.05, 0.1) is 18.3 Å². The van der Waals surface area contributed by atoms with E-state index < -0.39 is 0 Å². The SMILES string of the molecule is CSc1ncccc1C(=O)NCC1Cc2ccccc2CO1. The number of thioether (sulfide) groups is 1. The zero-order chi connectivity index (χ0) is 15.4. The Bertz CT molecular complexity index is 675. The first-order valence-electron chi connectivity index (χ1n) is 7.23. The number of ether oxygens (including phenoxy) is 1. The van der Waals surface area contributed by atoms with Gasteiger partial charge in [-0.15, -0.1) is 11.8 Å². The molecule has 0 saturated carbocycles. The number of benzene rings is 1. The van der Waals surface area contributed by atoms with Crippen molar-refractivity contribution in [3.63, 3.8) is 0 Å². The smallest absolute Gasteiger partial charge is 0.254 e. The van der Waals surface area contributed by atoms with Crippen LogP contribution in [0.3, 0.4) is 0 Å². The van der Waals surface area contributed by atoms with Gasteiger partial charge in [0.2, 0.25) is 0 Å². The maximum absolute atomic E-state index is 12.3. The van der Waals surface area contributed by atoms with Crippen molar-refractivity contribution in [3.8, 4) is 0 Å². The minimum absolute atomic E-state index is 0.0215. The first kappa shape index (κ1) is 15.1. The fourth-order valence-electron chi connectivity index (χ4n) is 2.57. The first-order valence-corrected chi connectivity index (χ1v) is 8.46. The highest BCUT2D eigenvalue weighted by atomic mass is 32.2. The lowest BCUT2D eigenvalue weighted by Gasteiger charge is -2.25. The molecule has 0 spiro atoms. The molecule has 1 amide bonds. The van der Waals surface area contributed by atoms with Gasteiger partial charge >= 0.3 is 0 Å². The topological polar surface area (TPSA) is 51.2 Å². The standard InChI is InChI=1S/C17H18N2O2S/c1-22-17-15(7-4-8-18-17)16(20)19-10-14-9-12-5-2-3-6-13(12)11-21-14/h2-8,14H,9-11H2,1H3,(H,19,20). The summed E-state index contributed by atoms with van der Waals surface area (Å²) in [6.07, 6.45) is 4.47. The van der Waals surface area contributed by atoms with E-state index in [4.69, 9.17) is 4.74 Å². The highest BCUT2D eigenvalue weighted by Gasteiger charge is 2.20. The van der Waals surface area contributed by atoms with Crippen LogP contribution in [0.4, 0.5) is 0 Å². The third-order valence-electron chi connectivity index (χ3n) is 3.74. The number of rotatable bonds is 4. The zero-order valence-electron chi connectivity index (χ0n) is 12.4. The van der Waals surface area contributed by atoms with Gasteiger partial charge in [-0.05, 0) is 29.5 Å². The van der Waals surface area contributed by atoms with Crippen LogP contribution in [0.5, 0.6) is 0 Å². The molecule has 1 atom stereocenters. The Morgan fingerprint density at radius 2 is 2.14 bits per heavy atom. The largest absolute Gasteiger partial charge is 0.371 e. The molecule has 4 nitrogen and oxygen atoms in total. The molecule has 1 aromatic heterocycles. The first-order chi connectivity index (χ1) is 10.8. The number of fused-ring (bicyclic) bond motifs is 1. The van der Waals surface area contributed by atoms with Crippen molar-refractivity contribution in [1.29, 1.82) is 0 Å². The Hall–Kier alpha value is -1.85. The zero-order valence-corrected chi connectivity index (χ0v) is 13.2. The number of hydrogen-bond acceptors (Lipinski definition) is 4. The molecule has 1 aliphatic heterocycles. The van der Waals surface area contributed by atoms with Crippen LogP contribution in [0.1, 0.15) is 21.5 Å². The highest BCUT2D eigenvalue weighted by Crippen LogP contribution is 2.20. The molecule has 0 radical (unpaired) electrons. The molecule has 1 unspecified atom stereocenters. The van der Waals surface area contributed by atoms with Crippen LogP contribution in [0.2, 0.25) is 0 Å². The molecule has 0 aliphatic carbocycles. The molecule has 2 heterocycles. The Morgan fingerprint density at radius 1 is 1.32 bits per heavy atom. The van der Waals surface area contributed by atoms with Crippen molar-refractivity contribution in [2.75, 3.05) is 12.8 Å². The Kier molecular flexibility index (Phi) is 4.75. The molecule has 2 aromatic rings. The van der Waals surface area contributed by atoms with Crippen LogP contribution in [0.25, 0.3) is 0 Å². The second-order valence-electron chi connectivity index (χ2n) is 5.18. The number of nitrogens with zero attached hydrogens (tertiary/aromatic N) is 1. The van der Waals surface area contributed by atoms with Crippen molar-refractivity contribution in [1.82, 2.24) is 10.3 Å². The number of carbonyl (C=O) groups excluding carboxylic acids is 1. The molecule has 1 aliphatic rings. The predicted octanol–water partition coefficient (Wildman–Crippen LogP) is 2.67. The van der Waals surface area contributed by atoms with Gasteiger partial charge in [-0.25, -0.2) is 4.98 Å². The maximum atomic E-state index is 12.3. The Morgan fingerprint density at radius 3 is 2.95 bits per heavy atom. The number of aromatic nitrogens is 1. The summed E-state index contributed by atoms with van der Waals surface area (Å²) in [6.45, 7) is 1.12. The number of pyridine rings is 1. The van der Waals surface area contributed by atoms with Crippen LogP contribution in [0, 0.1) is 0 Å². The molecular weight excluding hydrogens is 296 g/mol. The van der Waals surface area contributed by atoms with Gasteiger partial charge in [0.15, 0.2) is 0 Å². The average Bonchev–Trinajstić information content (AvgIpc) is 2.59. The minimum atomic E-state index is -0.0973. The van der Waals surface area contributed by atoms with E-state index in [9.17, 15) is 4.79 Å². The van der Waals surface area contributed by atoms with Gasteiger partial charge in [-0.1, -0.05) is 24.3 Å². The van der Waals surface area contributed by atoms with Gasteiger partial charge in [0.1, 0.15) is 5.03 Å². The molecule has 5 heteroatoms. The molecule has 1 aromatic carbocycles. The molecule has 0 fully saturated rings. The summed E-state index contributed by atoms with van der Waals surface area (Å²) >= 11 is 1.47. The van der Waals surface area contributed by atoms with Crippen LogP contribution in [0.15, 0.2) is 47.6 Å². The van der Waals surface area contributed by atoms with Crippen LogP contribution in [-0.2, 0) is 17.8 Å².